The molecule has 0 spiro atoms. The van der Waals surface area contributed by atoms with Crippen LogP contribution in [0.3, 0.4) is 0 Å². The molecule has 9 nitrogen and oxygen atoms in total. The lowest BCUT2D eigenvalue weighted by atomic mass is 10.1. The molecule has 5 rings (SSSR count). The Hall–Kier alpha value is -3.92. The average Bonchev–Trinajstić information content (AvgIpc) is 3.47. The fourth-order valence-electron chi connectivity index (χ4n) is 3.60. The van der Waals surface area contributed by atoms with Gasteiger partial charge < -0.3 is 24.8 Å². The number of hydrogen-bond donors (Lipinski definition) is 3. The van der Waals surface area contributed by atoms with Crippen LogP contribution in [-0.2, 0) is 13.0 Å². The van der Waals surface area contributed by atoms with Crippen LogP contribution < -0.4 is 20.3 Å². The molecule has 0 atom stereocenters. The van der Waals surface area contributed by atoms with Crippen LogP contribution in [0.5, 0.6) is 11.5 Å². The van der Waals surface area contributed by atoms with E-state index in [1.807, 2.05) is 18.2 Å². The molecule has 0 unspecified atom stereocenters. The number of rotatable bonds is 6. The third kappa shape index (κ3) is 3.87. The standard InChI is InChI=1S/C22H19N5O4S/c28-20(24-6-5-15-9-23-11-25-15)14-2-3-16-17(8-14)26-22(32)27(21(16)29)10-13-1-4-18-19(7-13)31-12-30-18/h1-4,7-9,11H,5-6,10,12H2,(H,23,25)(H,24,28)(H,26,32). The zero-order valence-corrected chi connectivity index (χ0v) is 17.7. The first kappa shape index (κ1) is 20.0. The van der Waals surface area contributed by atoms with Gasteiger partial charge in [-0.2, -0.15) is 0 Å². The second-order valence-corrected chi connectivity index (χ2v) is 7.74. The predicted octanol–water partition coefficient (Wildman–Crippen LogP) is 2.53. The lowest BCUT2D eigenvalue weighted by molar-refractivity contribution is 0.0954. The van der Waals surface area contributed by atoms with Gasteiger partial charge in [-0.25, -0.2) is 4.98 Å². The van der Waals surface area contributed by atoms with Crippen LogP contribution in [0.2, 0.25) is 0 Å². The molecule has 0 aliphatic carbocycles. The first-order chi connectivity index (χ1) is 15.6. The highest BCUT2D eigenvalue weighted by Gasteiger charge is 2.15. The summed E-state index contributed by atoms with van der Waals surface area (Å²) in [5.41, 5.74) is 2.54. The molecule has 2 aromatic heterocycles. The second-order valence-electron chi connectivity index (χ2n) is 7.35. The summed E-state index contributed by atoms with van der Waals surface area (Å²) in [5.74, 6) is 1.10. The molecule has 2 aromatic carbocycles. The average molecular weight is 449 g/mol. The number of ether oxygens (including phenoxy) is 2. The smallest absolute Gasteiger partial charge is 0.262 e. The quantitative estimate of drug-likeness (QED) is 0.390. The minimum absolute atomic E-state index is 0.188. The number of carbonyl (C=O) groups is 1. The summed E-state index contributed by atoms with van der Waals surface area (Å²) in [6.07, 6.45) is 3.96. The number of H-pyrrole nitrogens is 2. The molecule has 0 saturated carbocycles. The molecular weight excluding hydrogens is 430 g/mol. The van der Waals surface area contributed by atoms with E-state index in [0.717, 1.165) is 11.3 Å². The van der Waals surface area contributed by atoms with Crippen molar-refractivity contribution in [1.29, 1.82) is 0 Å². The molecule has 1 aliphatic heterocycles. The van der Waals surface area contributed by atoms with Gasteiger partial charge in [0, 0.05) is 30.4 Å². The van der Waals surface area contributed by atoms with Crippen molar-refractivity contribution in [2.75, 3.05) is 13.3 Å². The Labute approximate surface area is 187 Å². The first-order valence-corrected chi connectivity index (χ1v) is 10.4. The molecular formula is C22H19N5O4S. The molecule has 162 valence electrons. The number of benzene rings is 2. The van der Waals surface area contributed by atoms with Crippen LogP contribution in [0.1, 0.15) is 21.6 Å². The van der Waals surface area contributed by atoms with Crippen LogP contribution >= 0.6 is 12.2 Å². The number of aromatic amines is 2. The number of nitrogens with one attached hydrogen (secondary N) is 3. The number of fused-ring (bicyclic) bond motifs is 2. The maximum atomic E-state index is 13.1. The Morgan fingerprint density at radius 1 is 1.19 bits per heavy atom. The monoisotopic (exact) mass is 449 g/mol. The Morgan fingerprint density at radius 2 is 2.06 bits per heavy atom. The molecule has 0 bridgehead atoms. The van der Waals surface area contributed by atoms with Crippen LogP contribution in [0.15, 0.2) is 53.7 Å². The summed E-state index contributed by atoms with van der Waals surface area (Å²) in [7, 11) is 0. The maximum Gasteiger partial charge on any atom is 0.262 e. The Balaban J connectivity index is 1.37. The SMILES string of the molecule is O=C(NCCc1cnc[nH]1)c1ccc2c(=O)n(Cc3ccc4c(c3)OCO4)c(=S)[nH]c2c1. The van der Waals surface area contributed by atoms with Crippen molar-refractivity contribution in [3.05, 3.63) is 80.9 Å². The fourth-order valence-corrected chi connectivity index (χ4v) is 3.85. The normalized spacial score (nSPS) is 12.2. The van der Waals surface area contributed by atoms with Crippen molar-refractivity contribution >= 4 is 29.0 Å². The fraction of sp³-hybridized carbons (Fsp3) is 0.182. The van der Waals surface area contributed by atoms with Crippen molar-refractivity contribution < 1.29 is 14.3 Å². The Morgan fingerprint density at radius 3 is 2.91 bits per heavy atom. The third-order valence-electron chi connectivity index (χ3n) is 5.26. The highest BCUT2D eigenvalue weighted by atomic mass is 32.1. The molecule has 1 amide bonds. The summed E-state index contributed by atoms with van der Waals surface area (Å²) >= 11 is 5.43. The molecule has 0 fully saturated rings. The largest absolute Gasteiger partial charge is 0.454 e. The summed E-state index contributed by atoms with van der Waals surface area (Å²) < 4.78 is 12.5. The zero-order chi connectivity index (χ0) is 22.1. The second kappa shape index (κ2) is 8.31. The van der Waals surface area contributed by atoms with Gasteiger partial charge in [-0.1, -0.05) is 6.07 Å². The lowest BCUT2D eigenvalue weighted by Crippen LogP contribution is -2.26. The molecule has 0 radical (unpaired) electrons. The lowest BCUT2D eigenvalue weighted by Gasteiger charge is -2.10. The van der Waals surface area contributed by atoms with E-state index in [-0.39, 0.29) is 29.6 Å². The molecule has 3 N–H and O–H groups in total. The van der Waals surface area contributed by atoms with Crippen molar-refractivity contribution in [3.8, 4) is 11.5 Å². The van der Waals surface area contributed by atoms with Gasteiger partial charge in [0.05, 0.1) is 23.8 Å². The molecule has 1 aliphatic rings. The highest BCUT2D eigenvalue weighted by Crippen LogP contribution is 2.32. The van der Waals surface area contributed by atoms with E-state index in [0.29, 0.717) is 40.9 Å². The summed E-state index contributed by atoms with van der Waals surface area (Å²) in [5, 5.41) is 3.32. The van der Waals surface area contributed by atoms with Gasteiger partial charge in [-0.15, -0.1) is 0 Å². The number of aromatic nitrogens is 4. The number of amides is 1. The van der Waals surface area contributed by atoms with E-state index in [2.05, 4.69) is 20.3 Å². The zero-order valence-electron chi connectivity index (χ0n) is 16.9. The Kier molecular flexibility index (Phi) is 5.20. The van der Waals surface area contributed by atoms with Crippen molar-refractivity contribution in [1.82, 2.24) is 24.8 Å². The van der Waals surface area contributed by atoms with Gasteiger partial charge in [0.15, 0.2) is 16.3 Å². The number of carbonyl (C=O) groups excluding carboxylic acids is 1. The van der Waals surface area contributed by atoms with Crippen LogP contribution in [0.25, 0.3) is 10.9 Å². The van der Waals surface area contributed by atoms with E-state index < -0.39 is 0 Å². The van der Waals surface area contributed by atoms with Gasteiger partial charge in [-0.05, 0) is 48.1 Å². The van der Waals surface area contributed by atoms with Crippen molar-refractivity contribution in [3.63, 3.8) is 0 Å². The highest BCUT2D eigenvalue weighted by molar-refractivity contribution is 7.71. The van der Waals surface area contributed by atoms with Crippen LogP contribution in [0, 0.1) is 4.77 Å². The third-order valence-corrected chi connectivity index (χ3v) is 5.58. The van der Waals surface area contributed by atoms with Gasteiger partial charge >= 0.3 is 0 Å². The van der Waals surface area contributed by atoms with Gasteiger partial charge in [-0.3, -0.25) is 14.2 Å². The summed E-state index contributed by atoms with van der Waals surface area (Å²) in [4.78, 5) is 35.6. The predicted molar refractivity (Wildman–Crippen MR) is 120 cm³/mol. The van der Waals surface area contributed by atoms with Crippen molar-refractivity contribution in [2.45, 2.75) is 13.0 Å². The first-order valence-electron chi connectivity index (χ1n) is 9.99. The van der Waals surface area contributed by atoms with E-state index in [1.165, 1.54) is 4.57 Å². The molecule has 32 heavy (non-hydrogen) atoms. The minimum Gasteiger partial charge on any atom is -0.454 e. The minimum atomic E-state index is -0.229. The molecule has 0 saturated heterocycles. The van der Waals surface area contributed by atoms with E-state index in [1.54, 1.807) is 30.7 Å². The Bertz CT molecular complexity index is 1420. The number of imidazole rings is 1. The van der Waals surface area contributed by atoms with E-state index in [4.69, 9.17) is 21.7 Å². The maximum absolute atomic E-state index is 13.1. The molecule has 10 heteroatoms. The van der Waals surface area contributed by atoms with Crippen LogP contribution in [0.4, 0.5) is 0 Å². The number of nitrogens with zero attached hydrogens (tertiary/aromatic N) is 2. The van der Waals surface area contributed by atoms with Gasteiger partial charge in [0.25, 0.3) is 11.5 Å². The number of hydrogen-bond acceptors (Lipinski definition) is 6. The van der Waals surface area contributed by atoms with Crippen molar-refractivity contribution in [2.24, 2.45) is 0 Å². The van der Waals surface area contributed by atoms with Gasteiger partial charge in [0.2, 0.25) is 6.79 Å². The molecule has 4 aromatic rings. The summed E-state index contributed by atoms with van der Waals surface area (Å²) in [6.45, 7) is 0.941. The van der Waals surface area contributed by atoms with Crippen LogP contribution in [-0.4, -0.2) is 38.8 Å². The topological polar surface area (TPSA) is 114 Å². The van der Waals surface area contributed by atoms with E-state index >= 15 is 0 Å². The van der Waals surface area contributed by atoms with Gasteiger partial charge in [0.1, 0.15) is 0 Å². The van der Waals surface area contributed by atoms with E-state index in [9.17, 15) is 9.59 Å². The summed E-state index contributed by atoms with van der Waals surface area (Å²) in [6, 6.07) is 10.4. The molecule has 3 heterocycles.